The lowest BCUT2D eigenvalue weighted by Gasteiger charge is -2.26. The minimum atomic E-state index is -0.200. The summed E-state index contributed by atoms with van der Waals surface area (Å²) in [5, 5.41) is 13.0. The van der Waals surface area contributed by atoms with Crippen LogP contribution in [-0.4, -0.2) is 29.8 Å². The molecule has 0 atom stereocenters. The molecule has 4 nitrogen and oxygen atoms in total. The van der Waals surface area contributed by atoms with E-state index in [-0.39, 0.29) is 18.1 Å². The van der Waals surface area contributed by atoms with E-state index in [1.165, 1.54) is 0 Å². The fourth-order valence-electron chi connectivity index (χ4n) is 2.34. The summed E-state index contributed by atoms with van der Waals surface area (Å²) in [5.74, 6) is 0.666. The largest absolute Gasteiger partial charge is 0.493 e. The number of benzene rings is 1. The number of nitrogens with one attached hydrogen (secondary N) is 1. The maximum absolute atomic E-state index is 11.8. The van der Waals surface area contributed by atoms with Gasteiger partial charge < -0.3 is 15.2 Å². The molecule has 0 aliphatic heterocycles. The van der Waals surface area contributed by atoms with E-state index in [0.29, 0.717) is 23.8 Å². The second kappa shape index (κ2) is 7.50. The zero-order valence-corrected chi connectivity index (χ0v) is 12.1. The topological polar surface area (TPSA) is 58.6 Å². The van der Waals surface area contributed by atoms with Crippen molar-refractivity contribution >= 4 is 17.5 Å². The average molecular weight is 298 g/mol. The predicted octanol–water partition coefficient (Wildman–Crippen LogP) is 2.53. The van der Waals surface area contributed by atoms with Gasteiger partial charge in [0.2, 0.25) is 5.91 Å². The summed E-state index contributed by atoms with van der Waals surface area (Å²) in [7, 11) is 0. The smallest absolute Gasteiger partial charge is 0.223 e. The lowest BCUT2D eigenvalue weighted by atomic mass is 9.93. The van der Waals surface area contributed by atoms with E-state index in [0.717, 1.165) is 25.7 Å². The summed E-state index contributed by atoms with van der Waals surface area (Å²) in [6.45, 7) is 0.335. The highest BCUT2D eigenvalue weighted by molar-refractivity contribution is 6.30. The Morgan fingerprint density at radius 3 is 2.80 bits per heavy atom. The van der Waals surface area contributed by atoms with Gasteiger partial charge in [-0.05, 0) is 43.9 Å². The second-order valence-electron chi connectivity index (χ2n) is 5.13. The lowest BCUT2D eigenvalue weighted by molar-refractivity contribution is -0.122. The minimum Gasteiger partial charge on any atom is -0.493 e. The number of rotatable bonds is 5. The lowest BCUT2D eigenvalue weighted by Crippen LogP contribution is -2.39. The summed E-state index contributed by atoms with van der Waals surface area (Å²) < 4.78 is 5.48. The Morgan fingerprint density at radius 2 is 2.10 bits per heavy atom. The quantitative estimate of drug-likeness (QED) is 0.878. The van der Waals surface area contributed by atoms with Crippen molar-refractivity contribution in [1.29, 1.82) is 0 Å². The first-order valence-corrected chi connectivity index (χ1v) is 7.37. The second-order valence-corrected chi connectivity index (χ2v) is 5.57. The zero-order chi connectivity index (χ0) is 14.4. The van der Waals surface area contributed by atoms with Crippen LogP contribution in [0.5, 0.6) is 5.75 Å². The summed E-state index contributed by atoms with van der Waals surface area (Å²) in [5.41, 5.74) is 0. The molecule has 20 heavy (non-hydrogen) atoms. The number of ether oxygens (including phenoxy) is 1. The Morgan fingerprint density at radius 1 is 1.35 bits per heavy atom. The van der Waals surface area contributed by atoms with Crippen molar-refractivity contribution in [2.24, 2.45) is 0 Å². The molecule has 1 fully saturated rings. The predicted molar refractivity (Wildman–Crippen MR) is 78.0 cm³/mol. The SMILES string of the molecule is O=C(CCOc1cccc(Cl)c1)NC1CCC(O)CC1. The molecule has 0 saturated heterocycles. The van der Waals surface area contributed by atoms with Gasteiger partial charge in [0.1, 0.15) is 5.75 Å². The summed E-state index contributed by atoms with van der Waals surface area (Å²) >= 11 is 5.85. The van der Waals surface area contributed by atoms with E-state index in [9.17, 15) is 9.90 Å². The van der Waals surface area contributed by atoms with Gasteiger partial charge in [-0.15, -0.1) is 0 Å². The number of hydrogen-bond acceptors (Lipinski definition) is 3. The molecular weight excluding hydrogens is 278 g/mol. The molecule has 110 valence electrons. The van der Waals surface area contributed by atoms with Crippen LogP contribution in [0.25, 0.3) is 0 Å². The van der Waals surface area contributed by atoms with E-state index < -0.39 is 0 Å². The number of hydrogen-bond donors (Lipinski definition) is 2. The standard InChI is InChI=1S/C15H20ClNO3/c16-11-2-1-3-14(10-11)20-9-8-15(19)17-12-4-6-13(18)7-5-12/h1-3,10,12-13,18H,4-9H2,(H,17,19). The average Bonchev–Trinajstić information content (AvgIpc) is 2.41. The van der Waals surface area contributed by atoms with Crippen molar-refractivity contribution in [3.8, 4) is 5.75 Å². The summed E-state index contributed by atoms with van der Waals surface area (Å²) in [6, 6.07) is 7.31. The highest BCUT2D eigenvalue weighted by atomic mass is 35.5. The molecule has 1 aromatic rings. The molecule has 1 aliphatic carbocycles. The third-order valence-electron chi connectivity index (χ3n) is 3.46. The molecule has 0 spiro atoms. The number of carbonyl (C=O) groups excluding carboxylic acids is 1. The molecule has 2 rings (SSSR count). The van der Waals surface area contributed by atoms with E-state index in [1.807, 2.05) is 12.1 Å². The molecule has 1 aliphatic rings. The van der Waals surface area contributed by atoms with Crippen molar-refractivity contribution in [1.82, 2.24) is 5.32 Å². The fourth-order valence-corrected chi connectivity index (χ4v) is 2.52. The van der Waals surface area contributed by atoms with Crippen molar-refractivity contribution in [3.05, 3.63) is 29.3 Å². The third kappa shape index (κ3) is 5.02. The van der Waals surface area contributed by atoms with Gasteiger partial charge in [0.05, 0.1) is 19.1 Å². The highest BCUT2D eigenvalue weighted by Crippen LogP contribution is 2.19. The maximum atomic E-state index is 11.8. The first-order valence-electron chi connectivity index (χ1n) is 6.99. The first kappa shape index (κ1) is 15.1. The summed E-state index contributed by atoms with van der Waals surface area (Å²) in [6.07, 6.45) is 3.36. The van der Waals surface area contributed by atoms with E-state index >= 15 is 0 Å². The molecule has 0 bridgehead atoms. The van der Waals surface area contributed by atoms with E-state index in [1.54, 1.807) is 12.1 Å². The molecular formula is C15H20ClNO3. The number of aliphatic hydroxyl groups excluding tert-OH is 1. The van der Waals surface area contributed by atoms with Crippen molar-refractivity contribution in [2.45, 2.75) is 44.2 Å². The number of carbonyl (C=O) groups is 1. The third-order valence-corrected chi connectivity index (χ3v) is 3.69. The monoisotopic (exact) mass is 297 g/mol. The summed E-state index contributed by atoms with van der Waals surface area (Å²) in [4.78, 5) is 11.8. The fraction of sp³-hybridized carbons (Fsp3) is 0.533. The zero-order valence-electron chi connectivity index (χ0n) is 11.3. The molecule has 0 unspecified atom stereocenters. The van der Waals surface area contributed by atoms with Gasteiger partial charge in [0.15, 0.2) is 0 Å². The van der Waals surface area contributed by atoms with E-state index in [4.69, 9.17) is 16.3 Å². The molecule has 0 radical (unpaired) electrons. The molecule has 1 saturated carbocycles. The Bertz CT molecular complexity index is 444. The van der Waals surface area contributed by atoms with Gasteiger partial charge in [-0.3, -0.25) is 4.79 Å². The molecule has 1 aromatic carbocycles. The van der Waals surface area contributed by atoms with Crippen LogP contribution in [0, 0.1) is 0 Å². The Labute approximate surface area is 124 Å². The molecule has 0 heterocycles. The normalized spacial score (nSPS) is 22.3. The van der Waals surface area contributed by atoms with Crippen LogP contribution >= 0.6 is 11.6 Å². The van der Waals surface area contributed by atoms with Crippen LogP contribution in [-0.2, 0) is 4.79 Å². The van der Waals surface area contributed by atoms with Crippen LogP contribution in [0.4, 0.5) is 0 Å². The van der Waals surface area contributed by atoms with Gasteiger partial charge >= 0.3 is 0 Å². The molecule has 1 amide bonds. The minimum absolute atomic E-state index is 0.00609. The van der Waals surface area contributed by atoms with Gasteiger partial charge in [0, 0.05) is 11.1 Å². The number of halogens is 1. The first-order chi connectivity index (χ1) is 9.63. The Kier molecular flexibility index (Phi) is 5.68. The van der Waals surface area contributed by atoms with Gasteiger partial charge in [-0.1, -0.05) is 17.7 Å². The highest BCUT2D eigenvalue weighted by Gasteiger charge is 2.20. The number of amides is 1. The van der Waals surface area contributed by atoms with Crippen LogP contribution < -0.4 is 10.1 Å². The Balaban J connectivity index is 1.65. The van der Waals surface area contributed by atoms with Gasteiger partial charge in [0.25, 0.3) is 0 Å². The number of aliphatic hydroxyl groups is 1. The molecule has 0 aromatic heterocycles. The van der Waals surface area contributed by atoms with Crippen LogP contribution in [0.2, 0.25) is 5.02 Å². The van der Waals surface area contributed by atoms with Gasteiger partial charge in [-0.25, -0.2) is 0 Å². The maximum Gasteiger partial charge on any atom is 0.223 e. The van der Waals surface area contributed by atoms with Crippen LogP contribution in [0.15, 0.2) is 24.3 Å². The van der Waals surface area contributed by atoms with E-state index in [2.05, 4.69) is 5.32 Å². The van der Waals surface area contributed by atoms with Gasteiger partial charge in [-0.2, -0.15) is 0 Å². The molecule has 5 heteroatoms. The molecule has 2 N–H and O–H groups in total. The van der Waals surface area contributed by atoms with Crippen molar-refractivity contribution in [2.75, 3.05) is 6.61 Å². The Hall–Kier alpha value is -1.26. The van der Waals surface area contributed by atoms with Crippen LogP contribution in [0.1, 0.15) is 32.1 Å². The van der Waals surface area contributed by atoms with Crippen molar-refractivity contribution < 1.29 is 14.6 Å². The van der Waals surface area contributed by atoms with Crippen molar-refractivity contribution in [3.63, 3.8) is 0 Å². The van der Waals surface area contributed by atoms with Crippen LogP contribution in [0.3, 0.4) is 0 Å².